The smallest absolute Gasteiger partial charge is 0.415 e. The number of nitrogens with zero attached hydrogens (tertiary/aromatic N) is 4. The molecule has 2 saturated heterocycles. The van der Waals surface area contributed by atoms with Gasteiger partial charge in [0.05, 0.1) is 18.8 Å². The molecule has 2 aliphatic rings. The summed E-state index contributed by atoms with van der Waals surface area (Å²) < 4.78 is 22.7. The van der Waals surface area contributed by atoms with E-state index >= 15 is 0 Å². The third-order valence-electron chi connectivity index (χ3n) is 8.36. The third kappa shape index (κ3) is 7.75. The molecule has 4 aromatic rings. The fourth-order valence-corrected chi connectivity index (χ4v) is 5.61. The molecule has 0 bridgehead atoms. The maximum Gasteiger partial charge on any atom is 0.415 e. The lowest BCUT2D eigenvalue weighted by Crippen LogP contribution is -2.42. The minimum Gasteiger partial charge on any atom is -0.474 e. The summed E-state index contributed by atoms with van der Waals surface area (Å²) in [5, 5.41) is 0. The lowest BCUT2D eigenvalue weighted by atomic mass is 10.1. The molecule has 2 fully saturated rings. The summed E-state index contributed by atoms with van der Waals surface area (Å²) in [7, 11) is 4.02. The van der Waals surface area contributed by atoms with Crippen LogP contribution in [0.15, 0.2) is 91.1 Å². The molecule has 0 N–H and O–H groups in total. The Balaban J connectivity index is 1.04. The molecule has 11 heteroatoms. The number of carbonyl (C=O) groups excluding carboxylic acids is 3. The Morgan fingerprint density at radius 3 is 2.00 bits per heavy atom. The SMILES string of the molecule is CN(C)c1ccc(-c2ccc(OC3CCN(C(=O)c4ccccc4OC(=O)c4ccccc4OC(=O)N4CCOCC4)CC3)nc2)cc1. The standard InChI is InChI=1S/C37H38N4O7/c1-39(2)28-14-11-26(12-15-28)27-13-16-34(38-25-27)46-29-17-19-40(20-18-29)35(42)30-7-3-5-9-32(30)47-36(43)31-8-4-6-10-33(31)48-37(44)41-21-23-45-24-22-41/h3-16,25,29H,17-24H2,1-2H3. The van der Waals surface area contributed by atoms with Crippen molar-refractivity contribution >= 4 is 23.7 Å². The van der Waals surface area contributed by atoms with E-state index in [0.717, 1.165) is 16.8 Å². The van der Waals surface area contributed by atoms with Crippen molar-refractivity contribution in [1.82, 2.24) is 14.8 Å². The molecule has 0 radical (unpaired) electrons. The second-order valence-electron chi connectivity index (χ2n) is 11.8. The zero-order valence-electron chi connectivity index (χ0n) is 27.0. The molecule has 248 valence electrons. The first kappa shape index (κ1) is 32.5. The van der Waals surface area contributed by atoms with Crippen molar-refractivity contribution in [3.05, 3.63) is 102 Å². The average Bonchev–Trinajstić information content (AvgIpc) is 3.13. The van der Waals surface area contributed by atoms with Gasteiger partial charge < -0.3 is 33.6 Å². The van der Waals surface area contributed by atoms with E-state index in [1.807, 2.05) is 32.4 Å². The first-order valence-corrected chi connectivity index (χ1v) is 16.0. The lowest BCUT2D eigenvalue weighted by Gasteiger charge is -2.32. The van der Waals surface area contributed by atoms with E-state index in [-0.39, 0.29) is 34.6 Å². The molecule has 0 unspecified atom stereocenters. The number of rotatable bonds is 8. The van der Waals surface area contributed by atoms with Gasteiger partial charge in [0, 0.05) is 76.6 Å². The second kappa shape index (κ2) is 15.0. The van der Waals surface area contributed by atoms with Crippen molar-refractivity contribution < 1.29 is 33.3 Å². The number of amides is 2. The van der Waals surface area contributed by atoms with Crippen LogP contribution in [0.2, 0.25) is 0 Å². The molecule has 0 spiro atoms. The highest BCUT2D eigenvalue weighted by Crippen LogP contribution is 2.28. The first-order chi connectivity index (χ1) is 23.4. The number of hydrogen-bond donors (Lipinski definition) is 0. The van der Waals surface area contributed by atoms with Crippen LogP contribution in [0, 0.1) is 0 Å². The molecule has 0 saturated carbocycles. The van der Waals surface area contributed by atoms with E-state index in [4.69, 9.17) is 18.9 Å². The van der Waals surface area contributed by atoms with Crippen molar-refractivity contribution in [1.29, 1.82) is 0 Å². The van der Waals surface area contributed by atoms with Crippen LogP contribution < -0.4 is 19.1 Å². The summed E-state index contributed by atoms with van der Waals surface area (Å²) in [6, 6.07) is 25.2. The van der Waals surface area contributed by atoms with Crippen LogP contribution in [0.1, 0.15) is 33.6 Å². The summed E-state index contributed by atoms with van der Waals surface area (Å²) in [6.45, 7) is 2.60. The first-order valence-electron chi connectivity index (χ1n) is 16.0. The van der Waals surface area contributed by atoms with Gasteiger partial charge in [0.1, 0.15) is 23.2 Å². The minimum absolute atomic E-state index is 0.0724. The van der Waals surface area contributed by atoms with Crippen molar-refractivity contribution in [2.24, 2.45) is 0 Å². The monoisotopic (exact) mass is 650 g/mol. The predicted octanol–water partition coefficient (Wildman–Crippen LogP) is 5.55. The summed E-state index contributed by atoms with van der Waals surface area (Å²) in [5.74, 6) is -0.237. The number of hydrogen-bond acceptors (Lipinski definition) is 9. The van der Waals surface area contributed by atoms with Crippen LogP contribution in [-0.2, 0) is 4.74 Å². The number of anilines is 1. The van der Waals surface area contributed by atoms with Crippen LogP contribution in [-0.4, -0.2) is 92.3 Å². The number of esters is 1. The van der Waals surface area contributed by atoms with E-state index in [1.165, 1.54) is 17.0 Å². The number of para-hydroxylation sites is 2. The molecule has 0 aliphatic carbocycles. The maximum absolute atomic E-state index is 13.6. The van der Waals surface area contributed by atoms with E-state index in [9.17, 15) is 14.4 Å². The highest BCUT2D eigenvalue weighted by Gasteiger charge is 2.28. The summed E-state index contributed by atoms with van der Waals surface area (Å²) >= 11 is 0. The van der Waals surface area contributed by atoms with Gasteiger partial charge in [-0.05, 0) is 48.0 Å². The van der Waals surface area contributed by atoms with Crippen LogP contribution in [0.25, 0.3) is 11.1 Å². The number of carbonyl (C=O) groups is 3. The summed E-state index contributed by atoms with van der Waals surface area (Å²) in [5.41, 5.74) is 3.55. The molecule has 3 heterocycles. The van der Waals surface area contributed by atoms with Gasteiger partial charge in [-0.15, -0.1) is 0 Å². The van der Waals surface area contributed by atoms with Gasteiger partial charge in [0.2, 0.25) is 5.88 Å². The fraction of sp³-hybridized carbons (Fsp3) is 0.297. The molecule has 3 aromatic carbocycles. The Hall–Kier alpha value is -5.42. The highest BCUT2D eigenvalue weighted by molar-refractivity contribution is 6.00. The second-order valence-corrected chi connectivity index (χ2v) is 11.8. The molecular formula is C37H38N4O7. The molecule has 48 heavy (non-hydrogen) atoms. The molecule has 1 aromatic heterocycles. The number of benzene rings is 3. The highest BCUT2D eigenvalue weighted by atomic mass is 16.6. The van der Waals surface area contributed by atoms with Crippen LogP contribution in [0.4, 0.5) is 10.5 Å². The van der Waals surface area contributed by atoms with Crippen molar-refractivity contribution in [3.63, 3.8) is 0 Å². The Labute approximate surface area is 279 Å². The number of pyridine rings is 1. The largest absolute Gasteiger partial charge is 0.474 e. The quantitative estimate of drug-likeness (QED) is 0.179. The molecule has 11 nitrogen and oxygen atoms in total. The van der Waals surface area contributed by atoms with Crippen LogP contribution >= 0.6 is 0 Å². The van der Waals surface area contributed by atoms with E-state index < -0.39 is 12.1 Å². The van der Waals surface area contributed by atoms with E-state index in [1.54, 1.807) is 41.3 Å². The summed E-state index contributed by atoms with van der Waals surface area (Å²) in [4.78, 5) is 49.4. The Morgan fingerprint density at radius 1 is 0.729 bits per heavy atom. The Morgan fingerprint density at radius 2 is 1.35 bits per heavy atom. The fourth-order valence-electron chi connectivity index (χ4n) is 5.61. The molecule has 6 rings (SSSR count). The van der Waals surface area contributed by atoms with Gasteiger partial charge in [-0.25, -0.2) is 14.6 Å². The lowest BCUT2D eigenvalue weighted by molar-refractivity contribution is 0.0414. The van der Waals surface area contributed by atoms with Crippen molar-refractivity contribution in [2.45, 2.75) is 18.9 Å². The maximum atomic E-state index is 13.6. The van der Waals surface area contributed by atoms with Crippen molar-refractivity contribution in [3.8, 4) is 28.5 Å². The number of likely N-dealkylation sites (tertiary alicyclic amines) is 1. The van der Waals surface area contributed by atoms with E-state index in [0.29, 0.717) is 58.1 Å². The number of aromatic nitrogens is 1. The van der Waals surface area contributed by atoms with Crippen LogP contribution in [0.5, 0.6) is 17.4 Å². The number of morpholine rings is 1. The normalized spacial score (nSPS) is 15.0. The number of piperidine rings is 1. The molecular weight excluding hydrogens is 612 g/mol. The van der Waals surface area contributed by atoms with Gasteiger partial charge in [-0.3, -0.25) is 4.79 Å². The Kier molecular flexibility index (Phi) is 10.2. The van der Waals surface area contributed by atoms with Crippen LogP contribution in [0.3, 0.4) is 0 Å². The minimum atomic E-state index is -0.739. The van der Waals surface area contributed by atoms with Gasteiger partial charge >= 0.3 is 12.1 Å². The third-order valence-corrected chi connectivity index (χ3v) is 8.36. The van der Waals surface area contributed by atoms with Gasteiger partial charge in [-0.1, -0.05) is 36.4 Å². The predicted molar refractivity (Wildman–Crippen MR) is 180 cm³/mol. The van der Waals surface area contributed by atoms with Crippen molar-refractivity contribution in [2.75, 3.05) is 58.4 Å². The van der Waals surface area contributed by atoms with E-state index in [2.05, 4.69) is 34.1 Å². The van der Waals surface area contributed by atoms with Gasteiger partial charge in [0.15, 0.2) is 0 Å². The Bertz CT molecular complexity index is 1730. The molecule has 2 aliphatic heterocycles. The van der Waals surface area contributed by atoms with Gasteiger partial charge in [0.25, 0.3) is 5.91 Å². The average molecular weight is 651 g/mol. The number of ether oxygens (including phenoxy) is 4. The molecule has 0 atom stereocenters. The zero-order chi connectivity index (χ0) is 33.5. The zero-order valence-corrected chi connectivity index (χ0v) is 27.0. The molecule has 2 amide bonds. The van der Waals surface area contributed by atoms with Gasteiger partial charge in [-0.2, -0.15) is 0 Å². The topological polar surface area (TPSA) is 111 Å². The summed E-state index contributed by atoms with van der Waals surface area (Å²) in [6.07, 6.45) is 2.41.